The Kier molecular flexibility index (Phi) is 4.62. The van der Waals surface area contributed by atoms with E-state index in [1.165, 1.54) is 5.56 Å². The van der Waals surface area contributed by atoms with Crippen molar-refractivity contribution in [2.45, 2.75) is 20.0 Å². The van der Waals surface area contributed by atoms with Gasteiger partial charge in [-0.15, -0.1) is 0 Å². The average molecular weight is 323 g/mol. The van der Waals surface area contributed by atoms with Crippen molar-refractivity contribution in [3.05, 3.63) is 75.8 Å². The van der Waals surface area contributed by atoms with E-state index in [2.05, 4.69) is 22.9 Å². The number of rotatable bonds is 5. The molecule has 0 saturated carbocycles. The largest absolute Gasteiger partial charge is 0.496 e. The number of pyridine rings is 1. The summed E-state index contributed by atoms with van der Waals surface area (Å²) in [6.45, 7) is 3.38. The molecule has 5 nitrogen and oxygen atoms in total. The van der Waals surface area contributed by atoms with Gasteiger partial charge in [0.05, 0.1) is 12.8 Å². The number of hydrogen-bond donors (Lipinski definition) is 0. The lowest BCUT2D eigenvalue weighted by atomic mass is 10.1. The molecule has 124 valence electrons. The Morgan fingerprint density at radius 1 is 1.17 bits per heavy atom. The van der Waals surface area contributed by atoms with Gasteiger partial charge in [0.25, 0.3) is 5.56 Å². The molecule has 1 aromatic carbocycles. The Morgan fingerprint density at radius 2 is 2.00 bits per heavy atom. The maximum absolute atomic E-state index is 12.2. The van der Waals surface area contributed by atoms with Crippen LogP contribution in [0.15, 0.2) is 53.5 Å². The van der Waals surface area contributed by atoms with E-state index in [0.29, 0.717) is 12.2 Å². The Morgan fingerprint density at radius 3 is 2.79 bits per heavy atom. The minimum atomic E-state index is -0.0582. The number of fused-ring (bicyclic) bond motifs is 1. The number of benzene rings is 1. The van der Waals surface area contributed by atoms with Crippen LogP contribution in [0, 0.1) is 6.92 Å². The summed E-state index contributed by atoms with van der Waals surface area (Å²) < 4.78 is 6.98. The van der Waals surface area contributed by atoms with Crippen molar-refractivity contribution in [3.8, 4) is 5.75 Å². The van der Waals surface area contributed by atoms with Crippen LogP contribution in [0.2, 0.25) is 0 Å². The van der Waals surface area contributed by atoms with Crippen LogP contribution in [0.5, 0.6) is 5.75 Å². The van der Waals surface area contributed by atoms with Gasteiger partial charge in [-0.25, -0.2) is 4.98 Å². The molecule has 0 N–H and O–H groups in total. The molecule has 0 radical (unpaired) electrons. The highest BCUT2D eigenvalue weighted by Crippen LogP contribution is 2.21. The minimum Gasteiger partial charge on any atom is -0.496 e. The van der Waals surface area contributed by atoms with E-state index in [1.54, 1.807) is 23.8 Å². The first kappa shape index (κ1) is 16.2. The van der Waals surface area contributed by atoms with Crippen LogP contribution in [0.4, 0.5) is 0 Å². The van der Waals surface area contributed by atoms with E-state index in [0.717, 1.165) is 23.6 Å². The SMILES string of the molecule is COc1ccc(C)cc1CN(C)Cc1cc(=O)n2ccccc2n1. The van der Waals surface area contributed by atoms with E-state index >= 15 is 0 Å². The molecule has 0 amide bonds. The van der Waals surface area contributed by atoms with Gasteiger partial charge in [0.15, 0.2) is 0 Å². The molecule has 0 bridgehead atoms. The number of ether oxygens (including phenoxy) is 1. The lowest BCUT2D eigenvalue weighted by Crippen LogP contribution is -2.22. The molecule has 24 heavy (non-hydrogen) atoms. The van der Waals surface area contributed by atoms with Crippen molar-refractivity contribution in [3.63, 3.8) is 0 Å². The number of nitrogens with zero attached hydrogens (tertiary/aromatic N) is 3. The molecule has 5 heteroatoms. The zero-order chi connectivity index (χ0) is 17.1. The Hall–Kier alpha value is -2.66. The van der Waals surface area contributed by atoms with Gasteiger partial charge in [0.1, 0.15) is 11.4 Å². The van der Waals surface area contributed by atoms with Crippen LogP contribution in [0.3, 0.4) is 0 Å². The summed E-state index contributed by atoms with van der Waals surface area (Å²) in [6.07, 6.45) is 1.73. The second-order valence-electron chi connectivity index (χ2n) is 6.00. The summed E-state index contributed by atoms with van der Waals surface area (Å²) in [5.74, 6) is 0.874. The molecule has 0 aliphatic heterocycles. The first-order valence-corrected chi connectivity index (χ1v) is 7.86. The topological polar surface area (TPSA) is 46.8 Å². The summed E-state index contributed by atoms with van der Waals surface area (Å²) in [6, 6.07) is 13.3. The fourth-order valence-electron chi connectivity index (χ4n) is 2.84. The van der Waals surface area contributed by atoms with Gasteiger partial charge in [0, 0.05) is 30.9 Å². The van der Waals surface area contributed by atoms with Crippen molar-refractivity contribution in [1.29, 1.82) is 0 Å². The molecule has 3 aromatic rings. The zero-order valence-electron chi connectivity index (χ0n) is 14.2. The van der Waals surface area contributed by atoms with Crippen LogP contribution in [0.1, 0.15) is 16.8 Å². The van der Waals surface area contributed by atoms with E-state index < -0.39 is 0 Å². The number of methoxy groups -OCH3 is 1. The van der Waals surface area contributed by atoms with Crippen molar-refractivity contribution >= 4 is 5.65 Å². The van der Waals surface area contributed by atoms with Crippen molar-refractivity contribution in [1.82, 2.24) is 14.3 Å². The van der Waals surface area contributed by atoms with Gasteiger partial charge >= 0.3 is 0 Å². The molecule has 0 aliphatic carbocycles. The molecule has 0 unspecified atom stereocenters. The summed E-state index contributed by atoms with van der Waals surface area (Å²) in [5.41, 5.74) is 3.69. The second-order valence-corrected chi connectivity index (χ2v) is 6.00. The Bertz CT molecular complexity index is 918. The second kappa shape index (κ2) is 6.84. The lowest BCUT2D eigenvalue weighted by molar-refractivity contribution is 0.306. The molecular weight excluding hydrogens is 302 g/mol. The van der Waals surface area contributed by atoms with Crippen LogP contribution < -0.4 is 10.3 Å². The highest BCUT2D eigenvalue weighted by atomic mass is 16.5. The van der Waals surface area contributed by atoms with Gasteiger partial charge in [-0.05, 0) is 32.2 Å². The highest BCUT2D eigenvalue weighted by Gasteiger charge is 2.09. The van der Waals surface area contributed by atoms with Gasteiger partial charge in [-0.2, -0.15) is 0 Å². The van der Waals surface area contributed by atoms with Crippen molar-refractivity contribution in [2.75, 3.05) is 14.2 Å². The van der Waals surface area contributed by atoms with E-state index in [-0.39, 0.29) is 5.56 Å². The summed E-state index contributed by atoms with van der Waals surface area (Å²) >= 11 is 0. The van der Waals surface area contributed by atoms with Crippen molar-refractivity contribution < 1.29 is 4.74 Å². The van der Waals surface area contributed by atoms with Crippen LogP contribution in [-0.2, 0) is 13.1 Å². The number of aromatic nitrogens is 2. The average Bonchev–Trinajstić information content (AvgIpc) is 2.55. The molecule has 0 aliphatic rings. The van der Waals surface area contributed by atoms with Gasteiger partial charge in [-0.1, -0.05) is 23.8 Å². The smallest absolute Gasteiger partial charge is 0.258 e. The molecule has 3 rings (SSSR count). The maximum Gasteiger partial charge on any atom is 0.258 e. The molecule has 0 atom stereocenters. The Labute approximate surface area is 141 Å². The summed E-state index contributed by atoms with van der Waals surface area (Å²) in [5, 5.41) is 0. The lowest BCUT2D eigenvalue weighted by Gasteiger charge is -2.18. The van der Waals surface area contributed by atoms with Crippen molar-refractivity contribution in [2.24, 2.45) is 0 Å². The summed E-state index contributed by atoms with van der Waals surface area (Å²) in [4.78, 5) is 18.9. The monoisotopic (exact) mass is 323 g/mol. The van der Waals surface area contributed by atoms with Crippen LogP contribution >= 0.6 is 0 Å². The van der Waals surface area contributed by atoms with E-state index in [1.807, 2.05) is 37.4 Å². The molecule has 0 saturated heterocycles. The van der Waals surface area contributed by atoms with Gasteiger partial charge in [0.2, 0.25) is 0 Å². The number of aryl methyl sites for hydroxylation is 1. The van der Waals surface area contributed by atoms with Crippen LogP contribution in [0.25, 0.3) is 5.65 Å². The fraction of sp³-hybridized carbons (Fsp3) is 0.263. The predicted octanol–water partition coefficient (Wildman–Crippen LogP) is 2.64. The van der Waals surface area contributed by atoms with E-state index in [9.17, 15) is 4.79 Å². The third-order valence-corrected chi connectivity index (χ3v) is 3.93. The maximum atomic E-state index is 12.2. The van der Waals surface area contributed by atoms with E-state index in [4.69, 9.17) is 4.74 Å². The van der Waals surface area contributed by atoms with Gasteiger partial charge in [-0.3, -0.25) is 14.1 Å². The zero-order valence-corrected chi connectivity index (χ0v) is 14.2. The molecular formula is C19H21N3O2. The predicted molar refractivity (Wildman–Crippen MR) is 94.4 cm³/mol. The first-order valence-electron chi connectivity index (χ1n) is 7.86. The third kappa shape index (κ3) is 3.46. The first-order chi connectivity index (χ1) is 11.6. The molecule has 2 aromatic heterocycles. The highest BCUT2D eigenvalue weighted by molar-refractivity contribution is 5.38. The summed E-state index contributed by atoms with van der Waals surface area (Å²) in [7, 11) is 3.69. The molecule has 0 spiro atoms. The molecule has 0 fully saturated rings. The minimum absolute atomic E-state index is 0.0582. The number of hydrogen-bond acceptors (Lipinski definition) is 4. The standard InChI is InChI=1S/C19H21N3O2/c1-14-7-8-17(24-3)15(10-14)12-21(2)13-16-11-19(23)22-9-5-4-6-18(22)20-16/h4-11H,12-13H2,1-3H3. The van der Waals surface area contributed by atoms with Gasteiger partial charge < -0.3 is 4.74 Å². The Balaban J connectivity index is 1.81. The third-order valence-electron chi connectivity index (χ3n) is 3.93. The fourth-order valence-corrected chi connectivity index (χ4v) is 2.84. The van der Waals surface area contributed by atoms with Crippen LogP contribution in [-0.4, -0.2) is 28.4 Å². The molecule has 2 heterocycles. The normalized spacial score (nSPS) is 11.2. The quantitative estimate of drug-likeness (QED) is 0.724.